The van der Waals surface area contributed by atoms with Gasteiger partial charge in [-0.15, -0.1) is 4.98 Å². The predicted octanol–water partition coefficient (Wildman–Crippen LogP) is 1.88. The first-order valence-corrected chi connectivity index (χ1v) is 5.90. The van der Waals surface area contributed by atoms with Crippen LogP contribution >= 0.6 is 0 Å². The van der Waals surface area contributed by atoms with Gasteiger partial charge in [0.1, 0.15) is 0 Å². The Labute approximate surface area is 114 Å². The van der Waals surface area contributed by atoms with Crippen LogP contribution in [0.1, 0.15) is 13.8 Å². The van der Waals surface area contributed by atoms with Crippen LogP contribution in [0.3, 0.4) is 0 Å². The lowest BCUT2D eigenvalue weighted by Crippen LogP contribution is -2.15. The standard InChI is InChI=1S/C12H14FN5O2/c1-7(2)19-11-15-10(18-14)16-12(17-11)20-9-6-4-3-5-8(9)13/h3-7H,14H2,1-2H3,(H,15,16,17,18). The summed E-state index contributed by atoms with van der Waals surface area (Å²) in [5.74, 6) is 4.78. The molecule has 1 heterocycles. The summed E-state index contributed by atoms with van der Waals surface area (Å²) in [4.78, 5) is 11.7. The van der Waals surface area contributed by atoms with Gasteiger partial charge in [0.05, 0.1) is 6.10 Å². The SMILES string of the molecule is CC(C)Oc1nc(NN)nc(Oc2ccccc2F)n1. The van der Waals surface area contributed by atoms with Gasteiger partial charge in [0, 0.05) is 0 Å². The highest BCUT2D eigenvalue weighted by Gasteiger charge is 2.12. The van der Waals surface area contributed by atoms with Crippen molar-refractivity contribution in [3.8, 4) is 17.8 Å². The molecule has 8 heteroatoms. The second kappa shape index (κ2) is 6.11. The van der Waals surface area contributed by atoms with Gasteiger partial charge in [0.25, 0.3) is 0 Å². The molecule has 0 spiro atoms. The first kappa shape index (κ1) is 13.9. The van der Waals surface area contributed by atoms with Crippen molar-refractivity contribution in [3.63, 3.8) is 0 Å². The van der Waals surface area contributed by atoms with Crippen LogP contribution in [0.25, 0.3) is 0 Å². The molecule has 0 aliphatic heterocycles. The van der Waals surface area contributed by atoms with Crippen LogP contribution in [0.15, 0.2) is 24.3 Å². The van der Waals surface area contributed by atoms with Gasteiger partial charge in [-0.05, 0) is 26.0 Å². The van der Waals surface area contributed by atoms with Crippen molar-refractivity contribution < 1.29 is 13.9 Å². The number of aromatic nitrogens is 3. The van der Waals surface area contributed by atoms with Gasteiger partial charge < -0.3 is 9.47 Å². The fraction of sp³-hybridized carbons (Fsp3) is 0.250. The molecule has 0 fully saturated rings. The summed E-state index contributed by atoms with van der Waals surface area (Å²) in [7, 11) is 0. The van der Waals surface area contributed by atoms with Crippen LogP contribution in [0.5, 0.6) is 17.8 Å². The Balaban J connectivity index is 2.29. The number of nitrogens with one attached hydrogen (secondary N) is 1. The second-order valence-corrected chi connectivity index (χ2v) is 4.07. The third-order valence-electron chi connectivity index (χ3n) is 2.10. The zero-order valence-corrected chi connectivity index (χ0v) is 11.0. The molecule has 2 aromatic rings. The van der Waals surface area contributed by atoms with E-state index in [1.807, 2.05) is 13.8 Å². The minimum atomic E-state index is -0.526. The third-order valence-corrected chi connectivity index (χ3v) is 2.10. The molecule has 0 radical (unpaired) electrons. The number of para-hydroxylation sites is 1. The fourth-order valence-electron chi connectivity index (χ4n) is 1.34. The maximum atomic E-state index is 13.5. The number of nitrogens with zero attached hydrogens (tertiary/aromatic N) is 3. The first-order valence-electron chi connectivity index (χ1n) is 5.90. The summed E-state index contributed by atoms with van der Waals surface area (Å²) in [6.45, 7) is 3.63. The molecule has 1 aromatic heterocycles. The molecule has 106 valence electrons. The summed E-state index contributed by atoms with van der Waals surface area (Å²) in [5.41, 5.74) is 2.27. The molecule has 0 aliphatic rings. The van der Waals surface area contributed by atoms with Gasteiger partial charge >= 0.3 is 12.0 Å². The topological polar surface area (TPSA) is 95.2 Å². The number of ether oxygens (including phenoxy) is 2. The molecular weight excluding hydrogens is 265 g/mol. The van der Waals surface area contributed by atoms with Crippen molar-refractivity contribution in [2.24, 2.45) is 5.84 Å². The fourth-order valence-corrected chi connectivity index (χ4v) is 1.34. The Morgan fingerprint density at radius 2 is 1.85 bits per heavy atom. The van der Waals surface area contributed by atoms with E-state index in [9.17, 15) is 4.39 Å². The normalized spacial score (nSPS) is 10.4. The second-order valence-electron chi connectivity index (χ2n) is 4.07. The van der Waals surface area contributed by atoms with Gasteiger partial charge in [0.2, 0.25) is 5.95 Å². The lowest BCUT2D eigenvalue weighted by Gasteiger charge is -2.10. The molecule has 0 aliphatic carbocycles. The maximum Gasteiger partial charge on any atom is 0.330 e. The molecule has 0 saturated carbocycles. The van der Waals surface area contributed by atoms with E-state index in [0.717, 1.165) is 0 Å². The number of benzene rings is 1. The van der Waals surface area contributed by atoms with E-state index in [-0.39, 0.29) is 29.8 Å². The monoisotopic (exact) mass is 279 g/mol. The van der Waals surface area contributed by atoms with Crippen molar-refractivity contribution >= 4 is 5.95 Å². The number of rotatable bonds is 5. The highest BCUT2D eigenvalue weighted by molar-refractivity contribution is 5.30. The summed E-state index contributed by atoms with van der Waals surface area (Å²) < 4.78 is 24.1. The number of hydrazine groups is 1. The minimum absolute atomic E-state index is 0.00262. The first-order chi connectivity index (χ1) is 9.58. The van der Waals surface area contributed by atoms with Crippen molar-refractivity contribution in [1.82, 2.24) is 15.0 Å². The molecule has 0 atom stereocenters. The number of nitrogens with two attached hydrogens (primary N) is 1. The quantitative estimate of drug-likeness (QED) is 0.637. The van der Waals surface area contributed by atoms with E-state index < -0.39 is 5.82 Å². The van der Waals surface area contributed by atoms with E-state index in [1.165, 1.54) is 12.1 Å². The summed E-state index contributed by atoms with van der Waals surface area (Å²) in [5, 5.41) is 0. The Bertz CT molecular complexity index is 594. The van der Waals surface area contributed by atoms with Gasteiger partial charge in [-0.25, -0.2) is 10.2 Å². The van der Waals surface area contributed by atoms with E-state index >= 15 is 0 Å². The number of hydrogen-bond acceptors (Lipinski definition) is 7. The van der Waals surface area contributed by atoms with E-state index in [2.05, 4.69) is 20.4 Å². The minimum Gasteiger partial charge on any atom is -0.461 e. The molecule has 3 N–H and O–H groups in total. The number of halogens is 1. The largest absolute Gasteiger partial charge is 0.461 e. The Morgan fingerprint density at radius 1 is 1.15 bits per heavy atom. The summed E-state index contributed by atoms with van der Waals surface area (Å²) >= 11 is 0. The highest BCUT2D eigenvalue weighted by Crippen LogP contribution is 2.23. The molecule has 0 unspecified atom stereocenters. The van der Waals surface area contributed by atoms with Gasteiger partial charge in [0.15, 0.2) is 11.6 Å². The van der Waals surface area contributed by atoms with E-state index in [1.54, 1.807) is 12.1 Å². The molecule has 1 aromatic carbocycles. The Morgan fingerprint density at radius 3 is 2.50 bits per heavy atom. The third kappa shape index (κ3) is 3.51. The predicted molar refractivity (Wildman–Crippen MR) is 69.9 cm³/mol. The molecule has 0 saturated heterocycles. The number of nitrogen functional groups attached to an aromatic ring is 1. The average molecular weight is 279 g/mol. The van der Waals surface area contributed by atoms with E-state index in [4.69, 9.17) is 15.3 Å². The number of hydrogen-bond donors (Lipinski definition) is 2. The van der Waals surface area contributed by atoms with Crippen molar-refractivity contribution in [2.75, 3.05) is 5.43 Å². The highest BCUT2D eigenvalue weighted by atomic mass is 19.1. The van der Waals surface area contributed by atoms with Crippen LogP contribution in [-0.4, -0.2) is 21.1 Å². The molecule has 20 heavy (non-hydrogen) atoms. The molecule has 2 rings (SSSR count). The van der Waals surface area contributed by atoms with Crippen LogP contribution in [0, 0.1) is 5.82 Å². The Hall–Kier alpha value is -2.48. The van der Waals surface area contributed by atoms with Gasteiger partial charge in [-0.1, -0.05) is 12.1 Å². The summed E-state index contributed by atoms with van der Waals surface area (Å²) in [6, 6.07) is 5.83. The molecule has 7 nitrogen and oxygen atoms in total. The zero-order chi connectivity index (χ0) is 14.5. The lowest BCUT2D eigenvalue weighted by atomic mass is 10.3. The smallest absolute Gasteiger partial charge is 0.330 e. The summed E-state index contributed by atoms with van der Waals surface area (Å²) in [6.07, 6.45) is -0.135. The van der Waals surface area contributed by atoms with Gasteiger partial charge in [-0.3, -0.25) is 5.43 Å². The van der Waals surface area contributed by atoms with Crippen molar-refractivity contribution in [1.29, 1.82) is 0 Å². The zero-order valence-electron chi connectivity index (χ0n) is 11.0. The molecule has 0 amide bonds. The van der Waals surface area contributed by atoms with Crippen molar-refractivity contribution in [3.05, 3.63) is 30.1 Å². The van der Waals surface area contributed by atoms with Crippen molar-refractivity contribution in [2.45, 2.75) is 20.0 Å². The lowest BCUT2D eigenvalue weighted by molar-refractivity contribution is 0.218. The number of anilines is 1. The van der Waals surface area contributed by atoms with Crippen LogP contribution < -0.4 is 20.7 Å². The van der Waals surface area contributed by atoms with Crippen LogP contribution in [0.2, 0.25) is 0 Å². The van der Waals surface area contributed by atoms with E-state index in [0.29, 0.717) is 0 Å². The van der Waals surface area contributed by atoms with Crippen LogP contribution in [0.4, 0.5) is 10.3 Å². The van der Waals surface area contributed by atoms with Crippen LogP contribution in [-0.2, 0) is 0 Å². The molecule has 0 bridgehead atoms. The maximum absolute atomic E-state index is 13.5. The Kier molecular flexibility index (Phi) is 4.26. The molecular formula is C12H14FN5O2. The average Bonchev–Trinajstić information content (AvgIpc) is 2.40. The van der Waals surface area contributed by atoms with Gasteiger partial charge in [-0.2, -0.15) is 9.97 Å².